The molecule has 0 amide bonds. The van der Waals surface area contributed by atoms with Gasteiger partial charge in [0.2, 0.25) is 10.0 Å². The molecule has 0 aliphatic rings. The van der Waals surface area contributed by atoms with E-state index in [2.05, 4.69) is 4.72 Å². The minimum Gasteiger partial charge on any atom is -0.392 e. The molecule has 5 nitrogen and oxygen atoms in total. The molecule has 1 aromatic carbocycles. The first-order valence-electron chi connectivity index (χ1n) is 5.49. The van der Waals surface area contributed by atoms with Crippen molar-refractivity contribution < 1.29 is 27.0 Å². The summed E-state index contributed by atoms with van der Waals surface area (Å²) in [5.74, 6) is -2.78. The monoisotopic (exact) mass is 295 g/mol. The molecule has 0 aliphatic carbocycles. The highest BCUT2D eigenvalue weighted by atomic mass is 32.2. The quantitative estimate of drug-likeness (QED) is 0.729. The number of ether oxygens (including phenoxy) is 1. The third-order valence-electron chi connectivity index (χ3n) is 2.34. The van der Waals surface area contributed by atoms with Crippen molar-refractivity contribution in [1.82, 2.24) is 4.72 Å². The summed E-state index contributed by atoms with van der Waals surface area (Å²) in [6.07, 6.45) is 0.402. The molecule has 0 saturated heterocycles. The van der Waals surface area contributed by atoms with Crippen LogP contribution in [-0.4, -0.2) is 33.8 Å². The number of nitrogens with one attached hydrogen (secondary N) is 1. The topological polar surface area (TPSA) is 75.6 Å². The van der Waals surface area contributed by atoms with Crippen molar-refractivity contribution in [2.45, 2.75) is 17.9 Å². The van der Waals surface area contributed by atoms with E-state index in [-0.39, 0.29) is 12.1 Å². The second-order valence-electron chi connectivity index (χ2n) is 3.79. The first-order chi connectivity index (χ1) is 8.92. The van der Waals surface area contributed by atoms with Crippen LogP contribution in [0.5, 0.6) is 0 Å². The number of hydrogen-bond donors (Lipinski definition) is 2. The van der Waals surface area contributed by atoms with Gasteiger partial charge in [-0.1, -0.05) is 0 Å². The maximum absolute atomic E-state index is 13.5. The van der Waals surface area contributed by atoms with Crippen LogP contribution in [-0.2, 0) is 21.4 Å². The summed E-state index contributed by atoms with van der Waals surface area (Å²) in [4.78, 5) is -0.811. The number of rotatable bonds is 7. The fourth-order valence-corrected chi connectivity index (χ4v) is 2.61. The first kappa shape index (κ1) is 16.0. The molecular weight excluding hydrogens is 280 g/mol. The molecule has 108 valence electrons. The van der Waals surface area contributed by atoms with Crippen molar-refractivity contribution in [3.8, 4) is 0 Å². The van der Waals surface area contributed by atoms with Gasteiger partial charge in [-0.05, 0) is 24.1 Å². The van der Waals surface area contributed by atoms with Crippen molar-refractivity contribution in [3.63, 3.8) is 0 Å². The molecule has 0 spiro atoms. The molecule has 1 aromatic rings. The number of benzene rings is 1. The van der Waals surface area contributed by atoms with Gasteiger partial charge in [-0.25, -0.2) is 21.9 Å². The van der Waals surface area contributed by atoms with E-state index in [0.717, 1.165) is 12.1 Å². The van der Waals surface area contributed by atoms with E-state index >= 15 is 0 Å². The van der Waals surface area contributed by atoms with Gasteiger partial charge in [0.15, 0.2) is 11.6 Å². The summed E-state index contributed by atoms with van der Waals surface area (Å²) >= 11 is 0. The van der Waals surface area contributed by atoms with Gasteiger partial charge in [0.05, 0.1) is 6.61 Å². The molecule has 0 aromatic heterocycles. The summed E-state index contributed by atoms with van der Waals surface area (Å²) in [6.45, 7) is -0.194. The van der Waals surface area contributed by atoms with Crippen LogP contribution in [0.4, 0.5) is 8.78 Å². The van der Waals surface area contributed by atoms with Crippen molar-refractivity contribution >= 4 is 10.0 Å². The lowest BCUT2D eigenvalue weighted by Gasteiger charge is -2.09. The molecule has 2 N–H and O–H groups in total. The Morgan fingerprint density at radius 2 is 2.05 bits per heavy atom. The highest BCUT2D eigenvalue weighted by molar-refractivity contribution is 7.89. The van der Waals surface area contributed by atoms with Crippen LogP contribution < -0.4 is 4.72 Å². The van der Waals surface area contributed by atoms with Gasteiger partial charge in [-0.2, -0.15) is 0 Å². The smallest absolute Gasteiger partial charge is 0.243 e. The van der Waals surface area contributed by atoms with Crippen LogP contribution in [0.25, 0.3) is 0 Å². The second kappa shape index (κ2) is 6.90. The molecule has 0 fully saturated rings. The van der Waals surface area contributed by atoms with Crippen LogP contribution in [0, 0.1) is 11.6 Å². The Labute approximate surface area is 110 Å². The average Bonchev–Trinajstić information content (AvgIpc) is 2.37. The van der Waals surface area contributed by atoms with Crippen LogP contribution in [0.3, 0.4) is 0 Å². The van der Waals surface area contributed by atoms with E-state index in [1.165, 1.54) is 7.11 Å². The molecule has 1 rings (SSSR count). The molecule has 0 saturated carbocycles. The Balaban J connectivity index is 2.97. The van der Waals surface area contributed by atoms with Crippen molar-refractivity contribution in [3.05, 3.63) is 29.3 Å². The van der Waals surface area contributed by atoms with Crippen molar-refractivity contribution in [2.75, 3.05) is 20.3 Å². The molecule has 19 heavy (non-hydrogen) atoms. The minimum absolute atomic E-state index is 0.0174. The average molecular weight is 295 g/mol. The molecule has 0 bridgehead atoms. The van der Waals surface area contributed by atoms with Gasteiger partial charge in [0.25, 0.3) is 0 Å². The lowest BCUT2D eigenvalue weighted by Crippen LogP contribution is -2.26. The summed E-state index contributed by atoms with van der Waals surface area (Å²) in [6, 6.07) is 1.65. The van der Waals surface area contributed by atoms with E-state index in [9.17, 15) is 17.2 Å². The Hall–Kier alpha value is -1.09. The molecule has 0 radical (unpaired) electrons. The van der Waals surface area contributed by atoms with E-state index < -0.39 is 33.2 Å². The zero-order chi connectivity index (χ0) is 14.5. The SMILES string of the molecule is COCCCNS(=O)(=O)c1cc(CO)cc(F)c1F. The number of halogens is 2. The normalized spacial score (nSPS) is 11.8. The molecule has 0 aliphatic heterocycles. The van der Waals surface area contributed by atoms with Gasteiger partial charge >= 0.3 is 0 Å². The Bertz CT molecular complexity index is 534. The summed E-state index contributed by atoms with van der Waals surface area (Å²) in [5, 5.41) is 8.87. The van der Waals surface area contributed by atoms with E-state index in [1.54, 1.807) is 0 Å². The summed E-state index contributed by atoms with van der Waals surface area (Å²) in [7, 11) is -2.69. The zero-order valence-corrected chi connectivity index (χ0v) is 11.1. The highest BCUT2D eigenvalue weighted by Crippen LogP contribution is 2.19. The molecule has 8 heteroatoms. The van der Waals surface area contributed by atoms with Crippen LogP contribution >= 0.6 is 0 Å². The third kappa shape index (κ3) is 4.20. The van der Waals surface area contributed by atoms with Crippen LogP contribution in [0.15, 0.2) is 17.0 Å². The lowest BCUT2D eigenvalue weighted by atomic mass is 10.2. The third-order valence-corrected chi connectivity index (χ3v) is 3.80. The summed E-state index contributed by atoms with van der Waals surface area (Å²) in [5.41, 5.74) is -0.0174. The fraction of sp³-hybridized carbons (Fsp3) is 0.455. The Kier molecular flexibility index (Phi) is 5.80. The molecular formula is C11H15F2NO4S. The van der Waals surface area contributed by atoms with E-state index in [4.69, 9.17) is 9.84 Å². The van der Waals surface area contributed by atoms with Gasteiger partial charge in [-0.3, -0.25) is 0 Å². The number of hydrogen-bond acceptors (Lipinski definition) is 4. The van der Waals surface area contributed by atoms with Crippen molar-refractivity contribution in [2.24, 2.45) is 0 Å². The van der Waals surface area contributed by atoms with E-state index in [0.29, 0.717) is 13.0 Å². The van der Waals surface area contributed by atoms with Gasteiger partial charge in [0, 0.05) is 20.3 Å². The number of aliphatic hydroxyl groups excluding tert-OH is 1. The van der Waals surface area contributed by atoms with Gasteiger partial charge in [0.1, 0.15) is 4.90 Å². The van der Waals surface area contributed by atoms with Crippen LogP contribution in [0.2, 0.25) is 0 Å². The maximum atomic E-state index is 13.5. The number of aliphatic hydroxyl groups is 1. The largest absolute Gasteiger partial charge is 0.392 e. The van der Waals surface area contributed by atoms with Gasteiger partial charge < -0.3 is 9.84 Å². The van der Waals surface area contributed by atoms with Crippen LogP contribution in [0.1, 0.15) is 12.0 Å². The van der Waals surface area contributed by atoms with Gasteiger partial charge in [-0.15, -0.1) is 0 Å². The standard InChI is InChI=1S/C11H15F2NO4S/c1-18-4-2-3-14-19(16,17)10-6-8(7-15)5-9(12)11(10)13/h5-6,14-15H,2-4,7H2,1H3. The Morgan fingerprint density at radius 1 is 1.37 bits per heavy atom. The fourth-order valence-electron chi connectivity index (χ4n) is 1.40. The number of methoxy groups -OCH3 is 1. The van der Waals surface area contributed by atoms with E-state index in [1.807, 2.05) is 0 Å². The second-order valence-corrected chi connectivity index (χ2v) is 5.53. The van der Waals surface area contributed by atoms with Crippen molar-refractivity contribution in [1.29, 1.82) is 0 Å². The molecule has 0 unspecified atom stereocenters. The summed E-state index contributed by atoms with van der Waals surface area (Å²) < 4.78 is 57.2. The molecule has 0 atom stereocenters. The maximum Gasteiger partial charge on any atom is 0.243 e. The number of sulfonamides is 1. The first-order valence-corrected chi connectivity index (χ1v) is 6.98. The zero-order valence-electron chi connectivity index (χ0n) is 10.3. The Morgan fingerprint density at radius 3 is 2.63 bits per heavy atom. The minimum atomic E-state index is -4.16. The predicted octanol–water partition coefficient (Wildman–Crippen LogP) is 0.772. The lowest BCUT2D eigenvalue weighted by molar-refractivity contribution is 0.196. The predicted molar refractivity (Wildman–Crippen MR) is 64.0 cm³/mol. The highest BCUT2D eigenvalue weighted by Gasteiger charge is 2.22. The molecule has 0 heterocycles.